The van der Waals surface area contributed by atoms with Gasteiger partial charge in [-0.3, -0.25) is 9.59 Å². The lowest BCUT2D eigenvalue weighted by molar-refractivity contribution is -0.149. The van der Waals surface area contributed by atoms with Crippen LogP contribution in [-0.4, -0.2) is 43.0 Å². The third kappa shape index (κ3) is 9.45. The average molecular weight is 300 g/mol. The van der Waals surface area contributed by atoms with Crippen LogP contribution in [0.5, 0.6) is 0 Å². The minimum atomic E-state index is -0.340. The number of hydrogen-bond donors (Lipinski definition) is 1. The molecule has 0 aliphatic heterocycles. The van der Waals surface area contributed by atoms with E-state index in [0.717, 1.165) is 12.8 Å². The molecule has 0 fully saturated rings. The maximum Gasteiger partial charge on any atom is 0.325 e. The van der Waals surface area contributed by atoms with Crippen LogP contribution in [0, 0.1) is 11.3 Å². The van der Waals surface area contributed by atoms with Crippen LogP contribution in [0.15, 0.2) is 0 Å². The van der Waals surface area contributed by atoms with Gasteiger partial charge in [0.25, 0.3) is 0 Å². The normalized spacial score (nSPS) is 11.6. The Labute approximate surface area is 129 Å². The van der Waals surface area contributed by atoms with E-state index in [1.807, 2.05) is 13.8 Å². The Morgan fingerprint density at radius 1 is 1.24 bits per heavy atom. The highest BCUT2D eigenvalue weighted by atomic mass is 16.5. The Morgan fingerprint density at radius 3 is 2.33 bits per heavy atom. The van der Waals surface area contributed by atoms with Gasteiger partial charge in [-0.15, -0.1) is 0 Å². The van der Waals surface area contributed by atoms with Crippen molar-refractivity contribution < 1.29 is 14.3 Å². The predicted octanol–water partition coefficient (Wildman–Crippen LogP) is 2.19. The molecule has 0 unspecified atom stereocenters. The Morgan fingerprint density at radius 2 is 1.86 bits per heavy atom. The van der Waals surface area contributed by atoms with Gasteiger partial charge >= 0.3 is 5.97 Å². The van der Waals surface area contributed by atoms with Crippen LogP contribution in [0.1, 0.15) is 53.9 Å². The molecule has 1 amide bonds. The van der Waals surface area contributed by atoms with Crippen LogP contribution in [-0.2, 0) is 14.3 Å². The van der Waals surface area contributed by atoms with Crippen LogP contribution in [0.2, 0.25) is 0 Å². The molecule has 0 saturated carbocycles. The molecule has 0 atom stereocenters. The van der Waals surface area contributed by atoms with Gasteiger partial charge in [-0.25, -0.2) is 0 Å². The summed E-state index contributed by atoms with van der Waals surface area (Å²) in [4.78, 5) is 25.6. The summed E-state index contributed by atoms with van der Waals surface area (Å²) in [6, 6.07) is 0. The van der Waals surface area contributed by atoms with Gasteiger partial charge in [0.2, 0.25) is 5.91 Å². The van der Waals surface area contributed by atoms with Gasteiger partial charge in [0, 0.05) is 13.0 Å². The topological polar surface area (TPSA) is 72.6 Å². The van der Waals surface area contributed by atoms with E-state index in [0.29, 0.717) is 32.0 Å². The summed E-state index contributed by atoms with van der Waals surface area (Å²) in [5, 5.41) is 0. The zero-order chi connectivity index (χ0) is 16.5. The molecule has 0 saturated heterocycles. The van der Waals surface area contributed by atoms with Gasteiger partial charge in [-0.05, 0) is 37.6 Å². The van der Waals surface area contributed by atoms with Crippen molar-refractivity contribution in [2.24, 2.45) is 17.1 Å². The van der Waals surface area contributed by atoms with Gasteiger partial charge in [-0.1, -0.05) is 27.7 Å². The number of hydrogen-bond acceptors (Lipinski definition) is 4. The third-order valence-corrected chi connectivity index (χ3v) is 3.40. The van der Waals surface area contributed by atoms with Crippen LogP contribution in [0.3, 0.4) is 0 Å². The van der Waals surface area contributed by atoms with E-state index in [9.17, 15) is 9.59 Å². The number of nitrogens with zero attached hydrogens (tertiary/aromatic N) is 1. The van der Waals surface area contributed by atoms with Crippen LogP contribution >= 0.6 is 0 Å². The summed E-state index contributed by atoms with van der Waals surface area (Å²) in [5.74, 6) is -0.00463. The van der Waals surface area contributed by atoms with E-state index in [1.165, 1.54) is 0 Å². The van der Waals surface area contributed by atoms with Gasteiger partial charge in [0.15, 0.2) is 0 Å². The van der Waals surface area contributed by atoms with Crippen molar-refractivity contribution in [2.75, 3.05) is 26.2 Å². The monoisotopic (exact) mass is 300 g/mol. The van der Waals surface area contributed by atoms with Gasteiger partial charge in [0.05, 0.1) is 6.61 Å². The zero-order valence-electron chi connectivity index (χ0n) is 14.3. The molecule has 21 heavy (non-hydrogen) atoms. The second-order valence-electron chi connectivity index (χ2n) is 6.68. The van der Waals surface area contributed by atoms with E-state index in [4.69, 9.17) is 10.5 Å². The highest BCUT2D eigenvalue weighted by Gasteiger charge is 2.23. The first kappa shape index (κ1) is 19.9. The number of amides is 1. The number of ether oxygens (including phenoxy) is 1. The van der Waals surface area contributed by atoms with E-state index >= 15 is 0 Å². The maximum absolute atomic E-state index is 12.4. The van der Waals surface area contributed by atoms with Crippen molar-refractivity contribution in [3.63, 3.8) is 0 Å². The lowest BCUT2D eigenvalue weighted by Gasteiger charge is -2.27. The van der Waals surface area contributed by atoms with Crippen molar-refractivity contribution in [1.82, 2.24) is 4.90 Å². The summed E-state index contributed by atoms with van der Waals surface area (Å²) >= 11 is 0. The fourth-order valence-corrected chi connectivity index (χ4v) is 2.18. The summed E-state index contributed by atoms with van der Waals surface area (Å²) in [6.07, 6.45) is 2.11. The van der Waals surface area contributed by atoms with Crippen molar-refractivity contribution in [1.29, 1.82) is 0 Å². The molecule has 0 radical (unpaired) electrons. The SMILES string of the molecule is CCOC(=O)CN(CC(C)C)C(=O)CCC(C)(C)CCN. The van der Waals surface area contributed by atoms with Crippen molar-refractivity contribution in [3.8, 4) is 0 Å². The van der Waals surface area contributed by atoms with Crippen molar-refractivity contribution in [2.45, 2.75) is 53.9 Å². The minimum Gasteiger partial charge on any atom is -0.465 e. The maximum atomic E-state index is 12.4. The summed E-state index contributed by atoms with van der Waals surface area (Å²) in [6.45, 7) is 11.6. The Bertz CT molecular complexity index is 327. The van der Waals surface area contributed by atoms with E-state index in [1.54, 1.807) is 11.8 Å². The molecule has 0 rings (SSSR count). The minimum absolute atomic E-state index is 0.0156. The first-order chi connectivity index (χ1) is 9.71. The fourth-order valence-electron chi connectivity index (χ4n) is 2.18. The molecular formula is C16H32N2O3. The molecule has 2 N–H and O–H groups in total. The molecule has 0 aliphatic carbocycles. The number of esters is 1. The number of carbonyl (C=O) groups excluding carboxylic acids is 2. The highest BCUT2D eigenvalue weighted by molar-refractivity contribution is 5.82. The number of rotatable bonds is 10. The molecule has 0 bridgehead atoms. The molecule has 0 aromatic heterocycles. The third-order valence-electron chi connectivity index (χ3n) is 3.40. The second kappa shape index (κ2) is 9.77. The number of nitrogens with two attached hydrogens (primary N) is 1. The molecule has 5 nitrogen and oxygen atoms in total. The second-order valence-corrected chi connectivity index (χ2v) is 6.68. The van der Waals surface area contributed by atoms with Gasteiger partial charge in [0.1, 0.15) is 6.54 Å². The van der Waals surface area contributed by atoms with E-state index in [-0.39, 0.29) is 23.8 Å². The Hall–Kier alpha value is -1.10. The molecule has 0 aliphatic rings. The van der Waals surface area contributed by atoms with Crippen molar-refractivity contribution >= 4 is 11.9 Å². The summed E-state index contributed by atoms with van der Waals surface area (Å²) < 4.78 is 4.94. The fraction of sp³-hybridized carbons (Fsp3) is 0.875. The first-order valence-corrected chi connectivity index (χ1v) is 7.85. The van der Waals surface area contributed by atoms with E-state index in [2.05, 4.69) is 13.8 Å². The molecule has 0 aromatic rings. The largest absolute Gasteiger partial charge is 0.465 e. The van der Waals surface area contributed by atoms with Crippen LogP contribution in [0.25, 0.3) is 0 Å². The first-order valence-electron chi connectivity index (χ1n) is 7.85. The smallest absolute Gasteiger partial charge is 0.325 e. The molecule has 5 heteroatoms. The molecular weight excluding hydrogens is 268 g/mol. The standard InChI is InChI=1S/C16H32N2O3/c1-6-21-15(20)12-18(11-13(2)3)14(19)7-8-16(4,5)9-10-17/h13H,6-12,17H2,1-5H3. The van der Waals surface area contributed by atoms with Crippen LogP contribution in [0.4, 0.5) is 0 Å². The Balaban J connectivity index is 4.54. The molecule has 0 heterocycles. The lowest BCUT2D eigenvalue weighted by atomic mass is 9.84. The zero-order valence-corrected chi connectivity index (χ0v) is 14.3. The van der Waals surface area contributed by atoms with Crippen molar-refractivity contribution in [3.05, 3.63) is 0 Å². The predicted molar refractivity (Wildman–Crippen MR) is 84.7 cm³/mol. The lowest BCUT2D eigenvalue weighted by Crippen LogP contribution is -2.39. The average Bonchev–Trinajstić information content (AvgIpc) is 2.35. The summed E-state index contributed by atoms with van der Waals surface area (Å²) in [5.41, 5.74) is 5.64. The quantitative estimate of drug-likeness (QED) is 0.628. The van der Waals surface area contributed by atoms with Crippen LogP contribution < -0.4 is 5.73 Å². The highest BCUT2D eigenvalue weighted by Crippen LogP contribution is 2.26. The molecule has 0 aromatic carbocycles. The number of carbonyl (C=O) groups is 2. The molecule has 124 valence electrons. The molecule has 0 spiro atoms. The van der Waals surface area contributed by atoms with Gasteiger partial charge in [-0.2, -0.15) is 0 Å². The summed E-state index contributed by atoms with van der Waals surface area (Å²) in [7, 11) is 0. The van der Waals surface area contributed by atoms with E-state index < -0.39 is 0 Å². The van der Waals surface area contributed by atoms with Gasteiger partial charge < -0.3 is 15.4 Å². The Kier molecular flexibility index (Phi) is 9.26.